The summed E-state index contributed by atoms with van der Waals surface area (Å²) < 4.78 is 5.40. The van der Waals surface area contributed by atoms with Crippen molar-refractivity contribution in [3.8, 4) is 0 Å². The molecule has 1 heterocycles. The van der Waals surface area contributed by atoms with Gasteiger partial charge in [-0.3, -0.25) is 9.59 Å². The zero-order valence-electron chi connectivity index (χ0n) is 13.8. The fraction of sp³-hybridized carbons (Fsp3) is 0.556. The van der Waals surface area contributed by atoms with Crippen molar-refractivity contribution in [2.45, 2.75) is 32.6 Å². The van der Waals surface area contributed by atoms with Crippen LogP contribution in [0, 0.1) is 5.92 Å². The van der Waals surface area contributed by atoms with Gasteiger partial charge >= 0.3 is 0 Å². The van der Waals surface area contributed by atoms with Crippen LogP contribution in [0.3, 0.4) is 0 Å². The maximum absolute atomic E-state index is 12.1. The Hall–Kier alpha value is -1.88. The number of likely N-dealkylation sites (tertiary alicyclic amines) is 1. The number of benzene rings is 1. The number of nitrogens with two attached hydrogens (primary N) is 1. The lowest BCUT2D eigenvalue weighted by molar-refractivity contribution is -0.135. The lowest BCUT2D eigenvalue weighted by Gasteiger charge is -2.16. The molecule has 5 heteroatoms. The van der Waals surface area contributed by atoms with E-state index in [0.29, 0.717) is 18.1 Å². The Bertz CT molecular complexity index is 545. The van der Waals surface area contributed by atoms with Gasteiger partial charge in [-0.05, 0) is 42.9 Å². The first-order chi connectivity index (χ1) is 11.1. The molecule has 1 aliphatic heterocycles. The van der Waals surface area contributed by atoms with Crippen LogP contribution in [0.25, 0.3) is 0 Å². The highest BCUT2D eigenvalue weighted by molar-refractivity contribution is 5.92. The van der Waals surface area contributed by atoms with Gasteiger partial charge in [-0.2, -0.15) is 0 Å². The Morgan fingerprint density at radius 3 is 2.96 bits per heavy atom. The van der Waals surface area contributed by atoms with Crippen molar-refractivity contribution in [1.82, 2.24) is 4.90 Å². The molecule has 0 aromatic heterocycles. The van der Waals surface area contributed by atoms with Gasteiger partial charge in [-0.25, -0.2) is 0 Å². The van der Waals surface area contributed by atoms with Crippen LogP contribution < -0.4 is 5.73 Å². The Morgan fingerprint density at radius 2 is 2.22 bits per heavy atom. The molecule has 1 aromatic carbocycles. The Morgan fingerprint density at radius 1 is 1.39 bits per heavy atom. The molecule has 1 fully saturated rings. The third-order valence-corrected chi connectivity index (χ3v) is 4.24. The average Bonchev–Trinajstić information content (AvgIpc) is 3.00. The highest BCUT2D eigenvalue weighted by Crippen LogP contribution is 2.21. The Labute approximate surface area is 137 Å². The van der Waals surface area contributed by atoms with Crippen molar-refractivity contribution in [2.24, 2.45) is 11.7 Å². The predicted molar refractivity (Wildman–Crippen MR) is 89.1 cm³/mol. The smallest absolute Gasteiger partial charge is 0.248 e. The van der Waals surface area contributed by atoms with Crippen LogP contribution in [0.5, 0.6) is 0 Å². The highest BCUT2D eigenvalue weighted by atomic mass is 16.5. The second kappa shape index (κ2) is 8.67. The minimum atomic E-state index is -0.403. The van der Waals surface area contributed by atoms with Gasteiger partial charge in [-0.15, -0.1) is 0 Å². The molecule has 0 spiro atoms. The van der Waals surface area contributed by atoms with E-state index in [1.165, 1.54) is 0 Å². The van der Waals surface area contributed by atoms with Crippen molar-refractivity contribution in [3.63, 3.8) is 0 Å². The molecule has 23 heavy (non-hydrogen) atoms. The lowest BCUT2D eigenvalue weighted by atomic mass is 9.97. The monoisotopic (exact) mass is 318 g/mol. The van der Waals surface area contributed by atoms with Crippen LogP contribution in [0.15, 0.2) is 24.3 Å². The Balaban J connectivity index is 1.80. The number of carbonyl (C=O) groups excluding carboxylic acids is 2. The molecule has 0 unspecified atom stereocenters. The molecule has 1 aliphatic rings. The maximum Gasteiger partial charge on any atom is 0.248 e. The number of ether oxygens (including phenoxy) is 1. The lowest BCUT2D eigenvalue weighted by Crippen LogP contribution is -2.32. The molecule has 0 radical (unpaired) electrons. The van der Waals surface area contributed by atoms with Crippen LogP contribution in [-0.2, 0) is 16.0 Å². The van der Waals surface area contributed by atoms with E-state index in [2.05, 4.69) is 6.92 Å². The fourth-order valence-corrected chi connectivity index (χ4v) is 2.91. The molecule has 2 amide bonds. The van der Waals surface area contributed by atoms with E-state index in [1.807, 2.05) is 23.1 Å². The highest BCUT2D eigenvalue weighted by Gasteiger charge is 2.26. The van der Waals surface area contributed by atoms with Crippen LogP contribution in [0.2, 0.25) is 0 Å². The standard InChI is InChI=1S/C18H26N2O3/c1-2-3-9-23-13-17(21)20-8-7-15(12-20)10-14-5-4-6-16(11-14)18(19)22/h4-6,11,15H,2-3,7-10,12-13H2,1H3,(H2,19,22)/t15-/m0/s1. The second-order valence-corrected chi connectivity index (χ2v) is 6.17. The minimum Gasteiger partial charge on any atom is -0.372 e. The van der Waals surface area contributed by atoms with Crippen LogP contribution in [0.4, 0.5) is 0 Å². The quantitative estimate of drug-likeness (QED) is 0.745. The molecule has 0 bridgehead atoms. The van der Waals surface area contributed by atoms with Gasteiger partial charge < -0.3 is 15.4 Å². The van der Waals surface area contributed by atoms with E-state index in [9.17, 15) is 9.59 Å². The first kappa shape index (κ1) is 17.5. The summed E-state index contributed by atoms with van der Waals surface area (Å²) in [6, 6.07) is 7.43. The number of hydrogen-bond acceptors (Lipinski definition) is 3. The van der Waals surface area contributed by atoms with Gasteiger partial charge in [0.25, 0.3) is 0 Å². The van der Waals surface area contributed by atoms with E-state index in [1.54, 1.807) is 6.07 Å². The van der Waals surface area contributed by atoms with Crippen molar-refractivity contribution in [1.29, 1.82) is 0 Å². The number of hydrogen-bond donors (Lipinski definition) is 1. The molecular formula is C18H26N2O3. The van der Waals surface area contributed by atoms with Crippen molar-refractivity contribution < 1.29 is 14.3 Å². The van der Waals surface area contributed by atoms with Crippen molar-refractivity contribution >= 4 is 11.8 Å². The zero-order valence-corrected chi connectivity index (χ0v) is 13.8. The summed E-state index contributed by atoms with van der Waals surface area (Å²) in [6.45, 7) is 4.49. The molecule has 2 rings (SSSR count). The molecule has 0 aliphatic carbocycles. The van der Waals surface area contributed by atoms with Crippen LogP contribution >= 0.6 is 0 Å². The van der Waals surface area contributed by atoms with E-state index in [0.717, 1.165) is 44.3 Å². The number of carbonyl (C=O) groups is 2. The van der Waals surface area contributed by atoms with E-state index < -0.39 is 5.91 Å². The van der Waals surface area contributed by atoms with E-state index >= 15 is 0 Å². The summed E-state index contributed by atoms with van der Waals surface area (Å²) >= 11 is 0. The summed E-state index contributed by atoms with van der Waals surface area (Å²) in [5.74, 6) is 0.103. The van der Waals surface area contributed by atoms with Gasteiger partial charge in [0, 0.05) is 25.3 Å². The molecule has 0 saturated carbocycles. The van der Waals surface area contributed by atoms with Gasteiger partial charge in [0.2, 0.25) is 11.8 Å². The number of unbranched alkanes of at least 4 members (excludes halogenated alkanes) is 1. The molecule has 1 aromatic rings. The molecule has 5 nitrogen and oxygen atoms in total. The summed E-state index contributed by atoms with van der Waals surface area (Å²) in [4.78, 5) is 25.2. The molecule has 126 valence electrons. The molecule has 1 saturated heterocycles. The Kier molecular flexibility index (Phi) is 6.59. The van der Waals surface area contributed by atoms with Crippen molar-refractivity contribution in [2.75, 3.05) is 26.3 Å². The largest absolute Gasteiger partial charge is 0.372 e. The predicted octanol–water partition coefficient (Wildman–Crippen LogP) is 1.99. The van der Waals surface area contributed by atoms with E-state index in [-0.39, 0.29) is 12.5 Å². The van der Waals surface area contributed by atoms with Gasteiger partial charge in [0.1, 0.15) is 6.61 Å². The minimum absolute atomic E-state index is 0.0782. The van der Waals surface area contributed by atoms with Crippen LogP contribution in [-0.4, -0.2) is 43.0 Å². The first-order valence-electron chi connectivity index (χ1n) is 8.34. The van der Waals surface area contributed by atoms with E-state index in [4.69, 9.17) is 10.5 Å². The summed E-state index contributed by atoms with van der Waals surface area (Å²) in [5, 5.41) is 0. The second-order valence-electron chi connectivity index (χ2n) is 6.17. The molecular weight excluding hydrogens is 292 g/mol. The third-order valence-electron chi connectivity index (χ3n) is 4.24. The molecule has 2 N–H and O–H groups in total. The average molecular weight is 318 g/mol. The van der Waals surface area contributed by atoms with Gasteiger partial charge in [0.15, 0.2) is 0 Å². The topological polar surface area (TPSA) is 72.6 Å². The zero-order chi connectivity index (χ0) is 16.7. The first-order valence-corrected chi connectivity index (χ1v) is 8.34. The maximum atomic E-state index is 12.1. The van der Waals surface area contributed by atoms with Crippen molar-refractivity contribution in [3.05, 3.63) is 35.4 Å². The number of primary amides is 1. The summed E-state index contributed by atoms with van der Waals surface area (Å²) in [6.07, 6.45) is 3.92. The number of rotatable bonds is 8. The fourth-order valence-electron chi connectivity index (χ4n) is 2.91. The van der Waals surface area contributed by atoms with Crippen LogP contribution in [0.1, 0.15) is 42.1 Å². The normalized spacial score (nSPS) is 17.4. The number of amides is 2. The SMILES string of the molecule is CCCCOCC(=O)N1CC[C@@H](Cc2cccc(C(N)=O)c2)C1. The molecule has 1 atom stereocenters. The number of nitrogens with zero attached hydrogens (tertiary/aromatic N) is 1. The van der Waals surface area contributed by atoms with Gasteiger partial charge in [0.05, 0.1) is 0 Å². The van der Waals surface area contributed by atoms with Gasteiger partial charge in [-0.1, -0.05) is 25.5 Å². The third kappa shape index (κ3) is 5.36. The summed E-state index contributed by atoms with van der Waals surface area (Å²) in [7, 11) is 0. The summed E-state index contributed by atoms with van der Waals surface area (Å²) in [5.41, 5.74) is 6.95.